The van der Waals surface area contributed by atoms with Crippen molar-refractivity contribution < 1.29 is 14.3 Å². The summed E-state index contributed by atoms with van der Waals surface area (Å²) in [6, 6.07) is 5.72. The predicted molar refractivity (Wildman–Crippen MR) is 68.6 cm³/mol. The maximum atomic E-state index is 11.6. The number of carbonyl (C=O) groups excluding carboxylic acids is 1. The van der Waals surface area contributed by atoms with Crippen LogP contribution in [0.1, 0.15) is 25.0 Å². The standard InChI is InChI=1S/C14H19NO3/c1-9(2)18-13-6-4-5-10-8-15-12(7-11(10)13)14(16)17-3/h4-6,9,12,15H,7-8H2,1-3H3. The highest BCUT2D eigenvalue weighted by molar-refractivity contribution is 5.76. The molecule has 1 N–H and O–H groups in total. The van der Waals surface area contributed by atoms with E-state index in [1.165, 1.54) is 12.7 Å². The highest BCUT2D eigenvalue weighted by atomic mass is 16.5. The van der Waals surface area contributed by atoms with Crippen molar-refractivity contribution in [2.75, 3.05) is 7.11 Å². The highest BCUT2D eigenvalue weighted by Gasteiger charge is 2.27. The molecule has 0 aromatic heterocycles. The number of ether oxygens (including phenoxy) is 2. The molecule has 1 aromatic rings. The predicted octanol–water partition coefficient (Wildman–Crippen LogP) is 1.66. The summed E-state index contributed by atoms with van der Waals surface area (Å²) in [6.45, 7) is 4.67. The Morgan fingerprint density at radius 1 is 1.44 bits per heavy atom. The molecule has 0 saturated heterocycles. The third-order valence-corrected chi connectivity index (χ3v) is 3.03. The van der Waals surface area contributed by atoms with Gasteiger partial charge >= 0.3 is 5.97 Å². The summed E-state index contributed by atoms with van der Waals surface area (Å²) in [7, 11) is 1.41. The van der Waals surface area contributed by atoms with Crippen molar-refractivity contribution >= 4 is 5.97 Å². The molecule has 0 aliphatic carbocycles. The maximum Gasteiger partial charge on any atom is 0.323 e. The Balaban J connectivity index is 2.25. The first kappa shape index (κ1) is 12.9. The second-order valence-corrected chi connectivity index (χ2v) is 4.72. The van der Waals surface area contributed by atoms with Crippen LogP contribution in [0.2, 0.25) is 0 Å². The van der Waals surface area contributed by atoms with Gasteiger partial charge in [0.05, 0.1) is 13.2 Å². The van der Waals surface area contributed by atoms with Gasteiger partial charge in [0, 0.05) is 18.5 Å². The van der Waals surface area contributed by atoms with Gasteiger partial charge < -0.3 is 14.8 Å². The van der Waals surface area contributed by atoms with Gasteiger partial charge in [-0.25, -0.2) is 0 Å². The van der Waals surface area contributed by atoms with Gasteiger partial charge in [-0.2, -0.15) is 0 Å². The lowest BCUT2D eigenvalue weighted by molar-refractivity contribution is -0.143. The van der Waals surface area contributed by atoms with Gasteiger partial charge in [-0.1, -0.05) is 12.1 Å². The van der Waals surface area contributed by atoms with E-state index in [0.29, 0.717) is 13.0 Å². The van der Waals surface area contributed by atoms with Crippen molar-refractivity contribution in [2.24, 2.45) is 0 Å². The molecule has 18 heavy (non-hydrogen) atoms. The summed E-state index contributed by atoms with van der Waals surface area (Å²) < 4.78 is 10.6. The molecule has 98 valence electrons. The first-order valence-corrected chi connectivity index (χ1v) is 6.20. The maximum absolute atomic E-state index is 11.6. The Morgan fingerprint density at radius 2 is 2.22 bits per heavy atom. The van der Waals surface area contributed by atoms with Crippen molar-refractivity contribution in [3.05, 3.63) is 29.3 Å². The molecule has 0 amide bonds. The molecule has 4 nitrogen and oxygen atoms in total. The number of rotatable bonds is 3. The summed E-state index contributed by atoms with van der Waals surface area (Å²) in [5.74, 6) is 0.651. The topological polar surface area (TPSA) is 47.6 Å². The molecule has 0 bridgehead atoms. The van der Waals surface area contributed by atoms with Gasteiger partial charge in [0.15, 0.2) is 0 Å². The molecule has 1 aliphatic heterocycles. The second kappa shape index (κ2) is 5.40. The zero-order valence-electron chi connectivity index (χ0n) is 11.0. The van der Waals surface area contributed by atoms with E-state index in [1.807, 2.05) is 26.0 Å². The quantitative estimate of drug-likeness (QED) is 0.828. The first-order chi connectivity index (χ1) is 8.61. The summed E-state index contributed by atoms with van der Waals surface area (Å²) in [5, 5.41) is 3.18. The highest BCUT2D eigenvalue weighted by Crippen LogP contribution is 2.28. The van der Waals surface area contributed by atoms with E-state index in [1.54, 1.807) is 0 Å². The SMILES string of the molecule is COC(=O)C1Cc2c(cccc2OC(C)C)CN1. The molecular weight excluding hydrogens is 230 g/mol. The van der Waals surface area contributed by atoms with Crippen LogP contribution in [0.4, 0.5) is 0 Å². The zero-order valence-corrected chi connectivity index (χ0v) is 11.0. The van der Waals surface area contributed by atoms with Crippen LogP contribution in [0.3, 0.4) is 0 Å². The van der Waals surface area contributed by atoms with Crippen LogP contribution in [0, 0.1) is 0 Å². The van der Waals surface area contributed by atoms with Crippen molar-refractivity contribution in [1.29, 1.82) is 0 Å². The second-order valence-electron chi connectivity index (χ2n) is 4.72. The van der Waals surface area contributed by atoms with Crippen molar-refractivity contribution in [1.82, 2.24) is 5.32 Å². The Bertz CT molecular complexity index is 443. The van der Waals surface area contributed by atoms with Crippen LogP contribution >= 0.6 is 0 Å². The number of esters is 1. The molecule has 0 radical (unpaired) electrons. The lowest BCUT2D eigenvalue weighted by Crippen LogP contribution is -2.42. The average molecular weight is 249 g/mol. The fraction of sp³-hybridized carbons (Fsp3) is 0.500. The Hall–Kier alpha value is -1.55. The normalized spacial score (nSPS) is 18.3. The van der Waals surface area contributed by atoms with E-state index < -0.39 is 0 Å². The van der Waals surface area contributed by atoms with Gasteiger partial charge in [-0.15, -0.1) is 0 Å². The molecule has 4 heteroatoms. The fourth-order valence-electron chi connectivity index (χ4n) is 2.19. The number of methoxy groups -OCH3 is 1. The minimum absolute atomic E-state index is 0.128. The Kier molecular flexibility index (Phi) is 3.87. The van der Waals surface area contributed by atoms with Gasteiger partial charge in [-0.3, -0.25) is 4.79 Å². The largest absolute Gasteiger partial charge is 0.491 e. The van der Waals surface area contributed by atoms with E-state index in [0.717, 1.165) is 11.3 Å². The Morgan fingerprint density at radius 3 is 2.89 bits per heavy atom. The fourth-order valence-corrected chi connectivity index (χ4v) is 2.19. The van der Waals surface area contributed by atoms with Crippen molar-refractivity contribution in [3.8, 4) is 5.75 Å². The number of benzene rings is 1. The summed E-state index contributed by atoms with van der Waals surface area (Å²) in [5.41, 5.74) is 2.30. The molecule has 1 aliphatic rings. The van der Waals surface area contributed by atoms with Crippen molar-refractivity contribution in [3.63, 3.8) is 0 Å². The minimum atomic E-state index is -0.278. The number of carbonyl (C=O) groups is 1. The molecular formula is C14H19NO3. The van der Waals surface area contributed by atoms with Crippen LogP contribution in [-0.4, -0.2) is 25.2 Å². The van der Waals surface area contributed by atoms with Crippen LogP contribution < -0.4 is 10.1 Å². The average Bonchev–Trinajstić information content (AvgIpc) is 2.37. The smallest absolute Gasteiger partial charge is 0.323 e. The first-order valence-electron chi connectivity index (χ1n) is 6.20. The van der Waals surface area contributed by atoms with Crippen LogP contribution in [-0.2, 0) is 22.5 Å². The summed E-state index contributed by atoms with van der Waals surface area (Å²) in [4.78, 5) is 11.6. The molecule has 0 saturated carbocycles. The molecule has 1 heterocycles. The summed E-state index contributed by atoms with van der Waals surface area (Å²) >= 11 is 0. The minimum Gasteiger partial charge on any atom is -0.491 e. The van der Waals surface area contributed by atoms with Gasteiger partial charge in [0.1, 0.15) is 11.8 Å². The molecule has 1 atom stereocenters. The van der Waals surface area contributed by atoms with E-state index >= 15 is 0 Å². The number of hydrogen-bond donors (Lipinski definition) is 1. The van der Waals surface area contributed by atoms with Gasteiger partial charge in [0.2, 0.25) is 0 Å². The van der Waals surface area contributed by atoms with E-state index in [9.17, 15) is 4.79 Å². The monoisotopic (exact) mass is 249 g/mol. The Labute approximate surface area is 107 Å². The van der Waals surface area contributed by atoms with Crippen LogP contribution in [0.25, 0.3) is 0 Å². The number of nitrogens with one attached hydrogen (secondary N) is 1. The molecule has 1 aromatic carbocycles. The van der Waals surface area contributed by atoms with E-state index in [2.05, 4.69) is 11.4 Å². The van der Waals surface area contributed by atoms with Crippen molar-refractivity contribution in [2.45, 2.75) is 39.0 Å². The van der Waals surface area contributed by atoms with Crippen LogP contribution in [0.5, 0.6) is 5.75 Å². The molecule has 2 rings (SSSR count). The molecule has 1 unspecified atom stereocenters. The van der Waals surface area contributed by atoms with E-state index in [4.69, 9.17) is 9.47 Å². The lowest BCUT2D eigenvalue weighted by atomic mass is 9.95. The molecule has 0 fully saturated rings. The third kappa shape index (κ3) is 2.64. The lowest BCUT2D eigenvalue weighted by Gasteiger charge is -2.26. The summed E-state index contributed by atoms with van der Waals surface area (Å²) in [6.07, 6.45) is 0.744. The molecule has 0 spiro atoms. The number of fused-ring (bicyclic) bond motifs is 1. The number of hydrogen-bond acceptors (Lipinski definition) is 4. The van der Waals surface area contributed by atoms with Gasteiger partial charge in [-0.05, 0) is 25.5 Å². The van der Waals surface area contributed by atoms with Gasteiger partial charge in [0.25, 0.3) is 0 Å². The zero-order chi connectivity index (χ0) is 13.1. The third-order valence-electron chi connectivity index (χ3n) is 3.03. The van der Waals surface area contributed by atoms with E-state index in [-0.39, 0.29) is 18.1 Å². The van der Waals surface area contributed by atoms with Crippen LogP contribution in [0.15, 0.2) is 18.2 Å².